The molecule has 0 fully saturated rings. The van der Waals surface area contributed by atoms with Gasteiger partial charge in [-0.2, -0.15) is 4.31 Å². The highest BCUT2D eigenvalue weighted by atomic mass is 79.9. The highest BCUT2D eigenvalue weighted by molar-refractivity contribution is 9.10. The third-order valence-electron chi connectivity index (χ3n) is 4.76. The topological polar surface area (TPSA) is 57.6 Å². The third-order valence-corrected chi connectivity index (χ3v) is 6.94. The molecular weight excluding hydrogens is 486 g/mol. The molecule has 0 saturated carbocycles. The zero-order valence-corrected chi connectivity index (χ0v) is 19.2. The van der Waals surface area contributed by atoms with E-state index in [0.29, 0.717) is 22.4 Å². The molecule has 0 heterocycles. The monoisotopic (exact) mass is 503 g/mol. The van der Waals surface area contributed by atoms with Gasteiger partial charge in [-0.25, -0.2) is 8.42 Å². The number of anilines is 1. The minimum atomic E-state index is -3.94. The van der Waals surface area contributed by atoms with Crippen LogP contribution in [0.15, 0.2) is 112 Å². The summed E-state index contributed by atoms with van der Waals surface area (Å²) in [4.78, 5) is 0.132. The van der Waals surface area contributed by atoms with Crippen molar-refractivity contribution in [3.63, 3.8) is 0 Å². The van der Waals surface area contributed by atoms with Gasteiger partial charge in [0.2, 0.25) is 0 Å². The molecule has 0 aliphatic heterocycles. The van der Waals surface area contributed by atoms with E-state index in [1.165, 1.54) is 12.1 Å². The highest BCUT2D eigenvalue weighted by Crippen LogP contribution is 2.31. The fraction of sp³-hybridized carbons (Fsp3) is 0. The fourth-order valence-corrected chi connectivity index (χ4v) is 4.70. The average Bonchev–Trinajstić information content (AvgIpc) is 2.81. The van der Waals surface area contributed by atoms with E-state index in [1.807, 2.05) is 30.3 Å². The van der Waals surface area contributed by atoms with Gasteiger partial charge in [0.15, 0.2) is 0 Å². The molecule has 1 N–H and O–H groups in total. The average molecular weight is 504 g/mol. The standard InChI is InChI=1S/C26H18BrNO3S/c27-21-14-16-23(17-15-21)32(30,31)28(22-9-2-1-3-10-22)19-18-20-8-4-5-11-24(20)25-12-6-7-13-26(25)29/h1-17,29H. The number of nitrogens with zero attached hydrogens (tertiary/aromatic N) is 1. The SMILES string of the molecule is O=S(=O)(c1ccc(Br)cc1)N(C#Cc1ccccc1-c1ccccc1O)c1ccccc1. The quantitative estimate of drug-likeness (QED) is 0.273. The first kappa shape index (κ1) is 21.7. The van der Waals surface area contributed by atoms with Crippen LogP contribution in [0.1, 0.15) is 5.56 Å². The van der Waals surface area contributed by atoms with Crippen molar-refractivity contribution in [2.24, 2.45) is 0 Å². The Hall–Kier alpha value is -3.53. The van der Waals surface area contributed by atoms with Gasteiger partial charge in [-0.1, -0.05) is 70.5 Å². The number of hydrogen-bond donors (Lipinski definition) is 1. The molecule has 0 unspecified atom stereocenters. The second-order valence-electron chi connectivity index (χ2n) is 6.86. The van der Waals surface area contributed by atoms with Crippen LogP contribution in [0.2, 0.25) is 0 Å². The van der Waals surface area contributed by atoms with E-state index in [-0.39, 0.29) is 10.6 Å². The number of para-hydroxylation sites is 2. The Kier molecular flexibility index (Phi) is 6.31. The maximum Gasteiger partial charge on any atom is 0.275 e. The maximum absolute atomic E-state index is 13.4. The Morgan fingerprint density at radius 1 is 0.719 bits per heavy atom. The van der Waals surface area contributed by atoms with E-state index in [4.69, 9.17) is 0 Å². The number of sulfonamides is 1. The summed E-state index contributed by atoms with van der Waals surface area (Å²) in [5.74, 6) is 3.13. The summed E-state index contributed by atoms with van der Waals surface area (Å²) < 4.78 is 28.7. The van der Waals surface area contributed by atoms with Crippen molar-refractivity contribution in [2.45, 2.75) is 4.90 Å². The maximum atomic E-state index is 13.4. The van der Waals surface area contributed by atoms with Gasteiger partial charge in [-0.3, -0.25) is 0 Å². The summed E-state index contributed by atoms with van der Waals surface area (Å²) in [6.07, 6.45) is 0. The van der Waals surface area contributed by atoms with Crippen LogP contribution in [0, 0.1) is 12.0 Å². The lowest BCUT2D eigenvalue weighted by Crippen LogP contribution is -2.26. The van der Waals surface area contributed by atoms with Crippen molar-refractivity contribution < 1.29 is 13.5 Å². The molecule has 0 aliphatic carbocycles. The first-order valence-corrected chi connectivity index (χ1v) is 11.9. The second-order valence-corrected chi connectivity index (χ2v) is 9.56. The van der Waals surface area contributed by atoms with Crippen LogP contribution in [0.4, 0.5) is 5.69 Å². The van der Waals surface area contributed by atoms with Crippen LogP contribution in [0.5, 0.6) is 5.75 Å². The second kappa shape index (κ2) is 9.31. The number of halogens is 1. The number of phenolic OH excluding ortho intramolecular Hbond substituents is 1. The van der Waals surface area contributed by atoms with Gasteiger partial charge in [0.1, 0.15) is 5.75 Å². The number of aromatic hydroxyl groups is 1. The molecule has 6 heteroatoms. The van der Waals surface area contributed by atoms with Gasteiger partial charge in [0.05, 0.1) is 10.6 Å². The van der Waals surface area contributed by atoms with Gasteiger partial charge in [-0.15, -0.1) is 0 Å². The first-order valence-electron chi connectivity index (χ1n) is 9.72. The highest BCUT2D eigenvalue weighted by Gasteiger charge is 2.24. The summed E-state index contributed by atoms with van der Waals surface area (Å²) >= 11 is 3.33. The summed E-state index contributed by atoms with van der Waals surface area (Å²) in [5.41, 5.74) is 2.37. The van der Waals surface area contributed by atoms with Crippen molar-refractivity contribution in [3.8, 4) is 28.8 Å². The Morgan fingerprint density at radius 3 is 2.00 bits per heavy atom. The minimum Gasteiger partial charge on any atom is -0.507 e. The zero-order chi connectivity index (χ0) is 22.6. The zero-order valence-electron chi connectivity index (χ0n) is 16.8. The minimum absolute atomic E-state index is 0.129. The van der Waals surface area contributed by atoms with Gasteiger partial charge in [-0.05, 0) is 54.5 Å². The van der Waals surface area contributed by atoms with Crippen LogP contribution in [-0.2, 0) is 10.0 Å². The molecule has 4 aromatic carbocycles. The van der Waals surface area contributed by atoms with Crippen molar-refractivity contribution in [1.29, 1.82) is 0 Å². The van der Waals surface area contributed by atoms with Crippen LogP contribution in [-0.4, -0.2) is 13.5 Å². The third kappa shape index (κ3) is 4.54. The van der Waals surface area contributed by atoms with E-state index in [0.717, 1.165) is 8.78 Å². The molecule has 158 valence electrons. The van der Waals surface area contributed by atoms with Gasteiger partial charge in [0, 0.05) is 27.2 Å². The number of rotatable bonds is 4. The first-order chi connectivity index (χ1) is 15.5. The molecule has 0 radical (unpaired) electrons. The van der Waals surface area contributed by atoms with E-state index in [2.05, 4.69) is 27.9 Å². The summed E-state index contributed by atoms with van der Waals surface area (Å²) in [7, 11) is -3.94. The molecule has 0 saturated heterocycles. The summed E-state index contributed by atoms with van der Waals surface area (Å²) in [6.45, 7) is 0. The molecule has 4 rings (SSSR count). The number of phenols is 1. The van der Waals surface area contributed by atoms with Crippen molar-refractivity contribution >= 4 is 31.6 Å². The fourth-order valence-electron chi connectivity index (χ4n) is 3.18. The normalized spacial score (nSPS) is 10.8. The predicted molar refractivity (Wildman–Crippen MR) is 131 cm³/mol. The molecule has 4 aromatic rings. The van der Waals surface area contributed by atoms with E-state index in [9.17, 15) is 13.5 Å². The largest absolute Gasteiger partial charge is 0.507 e. The lowest BCUT2D eigenvalue weighted by atomic mass is 9.99. The van der Waals surface area contributed by atoms with E-state index < -0.39 is 10.0 Å². The van der Waals surface area contributed by atoms with Crippen molar-refractivity contribution in [3.05, 3.63) is 113 Å². The van der Waals surface area contributed by atoms with Crippen LogP contribution < -0.4 is 4.31 Å². The van der Waals surface area contributed by atoms with E-state index in [1.54, 1.807) is 60.7 Å². The van der Waals surface area contributed by atoms with Crippen molar-refractivity contribution in [2.75, 3.05) is 4.31 Å². The molecule has 0 aromatic heterocycles. The summed E-state index contributed by atoms with van der Waals surface area (Å²) in [5, 5.41) is 10.3. The summed E-state index contributed by atoms with van der Waals surface area (Å²) in [6, 6.07) is 32.3. The Balaban J connectivity index is 1.84. The molecule has 0 atom stereocenters. The lowest BCUT2D eigenvalue weighted by molar-refractivity contribution is 0.477. The Morgan fingerprint density at radius 2 is 1.31 bits per heavy atom. The predicted octanol–water partition coefficient (Wildman–Crippen LogP) is 6.03. The molecule has 0 aliphatic rings. The molecule has 0 amide bonds. The van der Waals surface area contributed by atoms with Crippen molar-refractivity contribution in [1.82, 2.24) is 0 Å². The smallest absolute Gasteiger partial charge is 0.275 e. The Labute approximate surface area is 196 Å². The van der Waals surface area contributed by atoms with Gasteiger partial charge in [0.25, 0.3) is 10.0 Å². The van der Waals surface area contributed by atoms with Crippen LogP contribution in [0.25, 0.3) is 11.1 Å². The van der Waals surface area contributed by atoms with Gasteiger partial charge >= 0.3 is 0 Å². The Bertz CT molecular complexity index is 1410. The molecule has 32 heavy (non-hydrogen) atoms. The lowest BCUT2D eigenvalue weighted by Gasteiger charge is -2.18. The molecular formula is C26H18BrNO3S. The molecule has 4 nitrogen and oxygen atoms in total. The van der Waals surface area contributed by atoms with E-state index >= 15 is 0 Å². The number of hydrogen-bond acceptors (Lipinski definition) is 3. The molecule has 0 bridgehead atoms. The number of benzene rings is 4. The van der Waals surface area contributed by atoms with Crippen LogP contribution in [0.3, 0.4) is 0 Å². The van der Waals surface area contributed by atoms with Gasteiger partial charge < -0.3 is 5.11 Å². The molecule has 0 spiro atoms. The van der Waals surface area contributed by atoms with Crippen LogP contribution >= 0.6 is 15.9 Å².